The van der Waals surface area contributed by atoms with Crippen LogP contribution in [0.2, 0.25) is 0 Å². The van der Waals surface area contributed by atoms with E-state index < -0.39 is 0 Å². The summed E-state index contributed by atoms with van der Waals surface area (Å²) in [4.78, 5) is 15.9. The van der Waals surface area contributed by atoms with E-state index in [0.717, 1.165) is 5.56 Å². The average Bonchev–Trinajstić information content (AvgIpc) is 2.19. The van der Waals surface area contributed by atoms with Gasteiger partial charge in [-0.2, -0.15) is 0 Å². The smallest absolute Gasteiger partial charge is 0.200 e. The first-order valence-corrected chi connectivity index (χ1v) is 4.40. The first kappa shape index (κ1) is 8.25. The van der Waals surface area contributed by atoms with Gasteiger partial charge in [-0.1, -0.05) is 0 Å². The van der Waals surface area contributed by atoms with E-state index in [2.05, 4.69) is 35.9 Å². The Labute approximate surface area is 83.2 Å². The SMILES string of the molecule is Brc1ncnc(-c2cccnc2)n1. The van der Waals surface area contributed by atoms with Gasteiger partial charge >= 0.3 is 0 Å². The Balaban J connectivity index is 2.48. The fourth-order valence-electron chi connectivity index (χ4n) is 0.910. The third-order valence-electron chi connectivity index (χ3n) is 1.46. The van der Waals surface area contributed by atoms with Crippen molar-refractivity contribution in [2.45, 2.75) is 0 Å². The number of nitrogens with zero attached hydrogens (tertiary/aromatic N) is 4. The molecule has 2 aromatic rings. The Bertz CT molecular complexity index is 404. The van der Waals surface area contributed by atoms with Gasteiger partial charge in [0.15, 0.2) is 10.6 Å². The van der Waals surface area contributed by atoms with Crippen molar-refractivity contribution in [3.63, 3.8) is 0 Å². The molecule has 0 fully saturated rings. The first-order chi connectivity index (χ1) is 6.36. The van der Waals surface area contributed by atoms with Crippen LogP contribution in [0, 0.1) is 0 Å². The van der Waals surface area contributed by atoms with E-state index in [4.69, 9.17) is 0 Å². The third-order valence-corrected chi connectivity index (χ3v) is 1.84. The molecule has 0 spiro atoms. The summed E-state index contributed by atoms with van der Waals surface area (Å²) in [6.07, 6.45) is 4.88. The number of hydrogen-bond donors (Lipinski definition) is 0. The van der Waals surface area contributed by atoms with Crippen molar-refractivity contribution in [3.8, 4) is 11.4 Å². The van der Waals surface area contributed by atoms with E-state index in [-0.39, 0.29) is 0 Å². The van der Waals surface area contributed by atoms with Crippen molar-refractivity contribution >= 4 is 15.9 Å². The van der Waals surface area contributed by atoms with Crippen molar-refractivity contribution in [3.05, 3.63) is 35.6 Å². The lowest BCUT2D eigenvalue weighted by atomic mass is 10.3. The fourth-order valence-corrected chi connectivity index (χ4v) is 1.17. The summed E-state index contributed by atoms with van der Waals surface area (Å²) in [5, 5.41) is 0. The molecule has 0 saturated heterocycles. The van der Waals surface area contributed by atoms with Crippen LogP contribution in [0.4, 0.5) is 0 Å². The zero-order valence-electron chi connectivity index (χ0n) is 6.55. The normalized spacial score (nSPS) is 9.92. The standard InChI is InChI=1S/C8H5BrN4/c9-8-12-5-11-7(13-8)6-2-1-3-10-4-6/h1-5H. The molecule has 5 heteroatoms. The molecule has 64 valence electrons. The van der Waals surface area contributed by atoms with Crippen LogP contribution in [0.25, 0.3) is 11.4 Å². The molecule has 0 saturated carbocycles. The van der Waals surface area contributed by atoms with Gasteiger partial charge in [-0.05, 0) is 28.1 Å². The lowest BCUT2D eigenvalue weighted by Gasteiger charge is -1.97. The second kappa shape index (κ2) is 3.57. The summed E-state index contributed by atoms with van der Waals surface area (Å²) in [6, 6.07) is 3.74. The lowest BCUT2D eigenvalue weighted by molar-refractivity contribution is 1.02. The summed E-state index contributed by atoms with van der Waals surface area (Å²) < 4.78 is 0.529. The highest BCUT2D eigenvalue weighted by Crippen LogP contribution is 2.12. The Hall–Kier alpha value is -1.36. The molecular weight excluding hydrogens is 232 g/mol. The van der Waals surface area contributed by atoms with Gasteiger partial charge < -0.3 is 0 Å². The van der Waals surface area contributed by atoms with E-state index >= 15 is 0 Å². The highest BCUT2D eigenvalue weighted by molar-refractivity contribution is 9.10. The van der Waals surface area contributed by atoms with Crippen LogP contribution in [0.1, 0.15) is 0 Å². The number of hydrogen-bond acceptors (Lipinski definition) is 4. The minimum Gasteiger partial charge on any atom is -0.264 e. The quantitative estimate of drug-likeness (QED) is 0.757. The molecule has 2 heterocycles. The predicted molar refractivity (Wildman–Crippen MR) is 50.8 cm³/mol. The number of halogens is 1. The molecule has 2 rings (SSSR count). The summed E-state index contributed by atoms with van der Waals surface area (Å²) in [5.74, 6) is 0.620. The molecule has 0 aliphatic heterocycles. The summed E-state index contributed by atoms with van der Waals surface area (Å²) >= 11 is 3.18. The van der Waals surface area contributed by atoms with Crippen molar-refractivity contribution in [1.29, 1.82) is 0 Å². The Kier molecular flexibility index (Phi) is 2.27. The van der Waals surface area contributed by atoms with Gasteiger partial charge in [0, 0.05) is 18.0 Å². The highest BCUT2D eigenvalue weighted by Gasteiger charge is 2.00. The number of pyridine rings is 1. The van der Waals surface area contributed by atoms with Crippen LogP contribution >= 0.6 is 15.9 Å². The minimum absolute atomic E-state index is 0.529. The summed E-state index contributed by atoms with van der Waals surface area (Å²) in [6.45, 7) is 0. The molecule has 0 radical (unpaired) electrons. The van der Waals surface area contributed by atoms with Crippen molar-refractivity contribution in [1.82, 2.24) is 19.9 Å². The molecule has 0 bridgehead atoms. The molecule has 0 N–H and O–H groups in total. The second-order valence-electron chi connectivity index (χ2n) is 2.32. The van der Waals surface area contributed by atoms with Crippen LogP contribution in [-0.2, 0) is 0 Å². The largest absolute Gasteiger partial charge is 0.264 e. The molecule has 0 aliphatic rings. The third kappa shape index (κ3) is 1.86. The van der Waals surface area contributed by atoms with Gasteiger partial charge in [-0.25, -0.2) is 15.0 Å². The molecule has 0 atom stereocenters. The van der Waals surface area contributed by atoms with Gasteiger partial charge in [0.2, 0.25) is 0 Å². The first-order valence-electron chi connectivity index (χ1n) is 3.61. The van der Waals surface area contributed by atoms with Gasteiger partial charge in [-0.15, -0.1) is 0 Å². The average molecular weight is 237 g/mol. The number of rotatable bonds is 1. The topological polar surface area (TPSA) is 51.6 Å². The monoisotopic (exact) mass is 236 g/mol. The molecule has 0 aliphatic carbocycles. The molecule has 13 heavy (non-hydrogen) atoms. The van der Waals surface area contributed by atoms with E-state index in [1.165, 1.54) is 6.33 Å². The number of aromatic nitrogens is 4. The zero-order valence-corrected chi connectivity index (χ0v) is 8.14. The Morgan fingerprint density at radius 3 is 2.85 bits per heavy atom. The zero-order chi connectivity index (χ0) is 9.10. The van der Waals surface area contributed by atoms with Crippen molar-refractivity contribution in [2.24, 2.45) is 0 Å². The molecule has 0 unspecified atom stereocenters. The van der Waals surface area contributed by atoms with E-state index in [9.17, 15) is 0 Å². The maximum absolute atomic E-state index is 4.10. The van der Waals surface area contributed by atoms with Gasteiger partial charge in [0.1, 0.15) is 6.33 Å². The van der Waals surface area contributed by atoms with E-state index in [1.807, 2.05) is 12.1 Å². The molecule has 0 aromatic carbocycles. The van der Waals surface area contributed by atoms with E-state index in [0.29, 0.717) is 10.6 Å². The lowest BCUT2D eigenvalue weighted by Crippen LogP contribution is -1.91. The Morgan fingerprint density at radius 1 is 1.23 bits per heavy atom. The maximum atomic E-state index is 4.10. The predicted octanol–water partition coefficient (Wildman–Crippen LogP) is 1.70. The van der Waals surface area contributed by atoms with Crippen molar-refractivity contribution in [2.75, 3.05) is 0 Å². The molecule has 0 amide bonds. The maximum Gasteiger partial charge on any atom is 0.200 e. The van der Waals surface area contributed by atoms with Gasteiger partial charge in [0.25, 0.3) is 0 Å². The highest BCUT2D eigenvalue weighted by atomic mass is 79.9. The van der Waals surface area contributed by atoms with Crippen LogP contribution in [-0.4, -0.2) is 19.9 Å². The summed E-state index contributed by atoms with van der Waals surface area (Å²) in [7, 11) is 0. The fraction of sp³-hybridized carbons (Fsp3) is 0. The molecule has 2 aromatic heterocycles. The second-order valence-corrected chi connectivity index (χ2v) is 3.03. The van der Waals surface area contributed by atoms with Crippen LogP contribution in [0.15, 0.2) is 35.6 Å². The van der Waals surface area contributed by atoms with Crippen molar-refractivity contribution < 1.29 is 0 Å². The van der Waals surface area contributed by atoms with Gasteiger partial charge in [-0.3, -0.25) is 4.98 Å². The molecular formula is C8H5BrN4. The Morgan fingerprint density at radius 2 is 2.15 bits per heavy atom. The minimum atomic E-state index is 0.529. The van der Waals surface area contributed by atoms with E-state index in [1.54, 1.807) is 12.4 Å². The summed E-state index contributed by atoms with van der Waals surface area (Å²) in [5.41, 5.74) is 0.880. The van der Waals surface area contributed by atoms with Crippen LogP contribution in [0.3, 0.4) is 0 Å². The van der Waals surface area contributed by atoms with Gasteiger partial charge in [0.05, 0.1) is 0 Å². The van der Waals surface area contributed by atoms with Crippen LogP contribution < -0.4 is 0 Å². The van der Waals surface area contributed by atoms with Crippen LogP contribution in [0.5, 0.6) is 0 Å². The molecule has 4 nitrogen and oxygen atoms in total.